The zero-order chi connectivity index (χ0) is 29.6. The maximum atomic E-state index is 6.15. The molecule has 3 aliphatic rings. The Bertz CT molecular complexity index is 1270. The monoisotopic (exact) mass is 580 g/mol. The van der Waals surface area contributed by atoms with Gasteiger partial charge in [-0.05, 0) is 70.8 Å². The van der Waals surface area contributed by atoms with Crippen molar-refractivity contribution in [2.24, 2.45) is 0 Å². The minimum atomic E-state index is -0.0434. The second-order valence-corrected chi connectivity index (χ2v) is 11.3. The maximum Gasteiger partial charge on any atom is 0.122 e. The number of hydrogen-bond donors (Lipinski definition) is 0. The molecule has 0 spiro atoms. The molecule has 6 nitrogen and oxygen atoms in total. The highest BCUT2D eigenvalue weighted by Gasteiger charge is 2.27. The van der Waals surface area contributed by atoms with Crippen LogP contribution in [-0.2, 0) is 33.5 Å². The molecule has 0 aliphatic carbocycles. The van der Waals surface area contributed by atoms with E-state index < -0.39 is 0 Å². The highest BCUT2D eigenvalue weighted by Crippen LogP contribution is 2.39. The maximum absolute atomic E-state index is 6.15. The van der Waals surface area contributed by atoms with Gasteiger partial charge in [0.1, 0.15) is 55.4 Å². The van der Waals surface area contributed by atoms with Gasteiger partial charge in [0, 0.05) is 5.92 Å². The Morgan fingerprint density at radius 3 is 1.12 bits per heavy atom. The van der Waals surface area contributed by atoms with E-state index >= 15 is 0 Å². The van der Waals surface area contributed by atoms with Gasteiger partial charge in [-0.3, -0.25) is 0 Å². The Balaban J connectivity index is 1.40. The first-order valence-electron chi connectivity index (χ1n) is 15.1. The number of ether oxygens (including phenoxy) is 6. The van der Waals surface area contributed by atoms with E-state index in [-0.39, 0.29) is 24.2 Å². The Morgan fingerprint density at radius 2 is 0.860 bits per heavy atom. The van der Waals surface area contributed by atoms with E-state index in [0.29, 0.717) is 39.1 Å². The van der Waals surface area contributed by atoms with Crippen molar-refractivity contribution in [3.05, 3.63) is 126 Å². The molecule has 3 heterocycles. The topological polar surface area (TPSA) is 65.3 Å². The summed E-state index contributed by atoms with van der Waals surface area (Å²) in [4.78, 5) is 0. The van der Waals surface area contributed by atoms with Crippen molar-refractivity contribution < 1.29 is 28.4 Å². The summed E-state index contributed by atoms with van der Waals surface area (Å²) >= 11 is 0. The molecule has 0 aromatic heterocycles. The smallest absolute Gasteiger partial charge is 0.122 e. The highest BCUT2D eigenvalue weighted by molar-refractivity contribution is 5.52. The summed E-state index contributed by atoms with van der Waals surface area (Å²) in [6.07, 6.45) is 8.45. The molecule has 3 atom stereocenters. The lowest BCUT2D eigenvalue weighted by atomic mass is 9.82. The summed E-state index contributed by atoms with van der Waals surface area (Å²) in [6.45, 7) is 16.0. The van der Waals surface area contributed by atoms with Gasteiger partial charge in [-0.15, -0.1) is 19.7 Å². The Kier molecular flexibility index (Phi) is 9.27. The second kappa shape index (κ2) is 13.6. The summed E-state index contributed by atoms with van der Waals surface area (Å²) in [5.74, 6) is 2.57. The molecule has 3 fully saturated rings. The van der Waals surface area contributed by atoms with Gasteiger partial charge in [0.05, 0.1) is 19.8 Å². The molecule has 6 rings (SSSR count). The quantitative estimate of drug-likeness (QED) is 0.0988. The van der Waals surface area contributed by atoms with Crippen molar-refractivity contribution in [1.29, 1.82) is 0 Å². The summed E-state index contributed by atoms with van der Waals surface area (Å²) in [5.41, 5.74) is 6.81. The molecule has 224 valence electrons. The van der Waals surface area contributed by atoms with Gasteiger partial charge in [0.15, 0.2) is 0 Å². The second-order valence-electron chi connectivity index (χ2n) is 11.3. The van der Waals surface area contributed by atoms with Crippen molar-refractivity contribution in [2.75, 3.05) is 39.6 Å². The van der Waals surface area contributed by atoms with Gasteiger partial charge in [-0.2, -0.15) is 0 Å². The van der Waals surface area contributed by atoms with Gasteiger partial charge in [-0.25, -0.2) is 0 Å². The predicted molar refractivity (Wildman–Crippen MR) is 168 cm³/mol. The number of hydrogen-bond acceptors (Lipinski definition) is 6. The fraction of sp³-hybridized carbons (Fsp3) is 0.351. The highest BCUT2D eigenvalue weighted by atomic mass is 16.6. The van der Waals surface area contributed by atoms with Gasteiger partial charge >= 0.3 is 0 Å². The van der Waals surface area contributed by atoms with E-state index in [1.54, 1.807) is 0 Å². The minimum absolute atomic E-state index is 0.0434. The molecule has 6 heteroatoms. The molecular formula is C37H40O6. The normalized spacial score (nSPS) is 20.5. The summed E-state index contributed by atoms with van der Waals surface area (Å²) in [5, 5.41) is 0. The van der Waals surface area contributed by atoms with E-state index in [1.165, 1.54) is 16.7 Å². The Morgan fingerprint density at radius 1 is 0.558 bits per heavy atom. The number of benzene rings is 3. The number of allylic oxidation sites excluding steroid dienone is 3. The third kappa shape index (κ3) is 7.77. The average Bonchev–Trinajstić information content (AvgIpc) is 3.86. The number of epoxide rings is 3. The van der Waals surface area contributed by atoms with Crippen LogP contribution in [0.5, 0.6) is 17.2 Å². The predicted octanol–water partition coefficient (Wildman–Crippen LogP) is 6.39. The van der Waals surface area contributed by atoms with Crippen LogP contribution in [-0.4, -0.2) is 58.0 Å². The molecule has 3 aromatic carbocycles. The largest absolute Gasteiger partial charge is 0.490 e. The van der Waals surface area contributed by atoms with Gasteiger partial charge in [0.2, 0.25) is 0 Å². The van der Waals surface area contributed by atoms with Crippen LogP contribution in [0.4, 0.5) is 0 Å². The zero-order valence-corrected chi connectivity index (χ0v) is 24.7. The SMILES string of the molecule is C=CCc1cc(C(c2ccc(OCC3CO3)c(CC=C)c2)c2ccc(OCC3CO3)c(CC=C)c2)ccc1OCC1CO1. The van der Waals surface area contributed by atoms with Crippen LogP contribution in [0.25, 0.3) is 0 Å². The molecular weight excluding hydrogens is 540 g/mol. The van der Waals surface area contributed by atoms with E-state index in [1.807, 2.05) is 18.2 Å². The van der Waals surface area contributed by atoms with E-state index in [2.05, 4.69) is 74.3 Å². The van der Waals surface area contributed by atoms with Crippen LogP contribution in [0.1, 0.15) is 39.3 Å². The van der Waals surface area contributed by atoms with Crippen molar-refractivity contribution in [3.63, 3.8) is 0 Å². The first-order chi connectivity index (χ1) is 21.1. The third-order valence-corrected chi connectivity index (χ3v) is 7.83. The molecule has 43 heavy (non-hydrogen) atoms. The first-order valence-corrected chi connectivity index (χ1v) is 15.1. The van der Waals surface area contributed by atoms with E-state index in [4.69, 9.17) is 28.4 Å². The van der Waals surface area contributed by atoms with Gasteiger partial charge in [-0.1, -0.05) is 54.6 Å². The summed E-state index contributed by atoms with van der Waals surface area (Å²) < 4.78 is 34.5. The van der Waals surface area contributed by atoms with Crippen LogP contribution in [0.15, 0.2) is 92.6 Å². The minimum Gasteiger partial charge on any atom is -0.490 e. The Labute approximate surface area is 254 Å². The Hall–Kier alpha value is -3.84. The molecule has 3 unspecified atom stereocenters. The fourth-order valence-electron chi connectivity index (χ4n) is 5.32. The van der Waals surface area contributed by atoms with Crippen LogP contribution in [0.2, 0.25) is 0 Å². The lowest BCUT2D eigenvalue weighted by Gasteiger charge is -2.23. The number of rotatable bonds is 18. The van der Waals surface area contributed by atoms with Crippen LogP contribution in [0.3, 0.4) is 0 Å². The van der Waals surface area contributed by atoms with Crippen molar-refractivity contribution >= 4 is 0 Å². The fourth-order valence-corrected chi connectivity index (χ4v) is 5.32. The molecule has 0 saturated carbocycles. The molecule has 0 amide bonds. The van der Waals surface area contributed by atoms with Gasteiger partial charge < -0.3 is 28.4 Å². The molecule has 3 aliphatic heterocycles. The first kappa shape index (κ1) is 29.2. The van der Waals surface area contributed by atoms with Gasteiger partial charge in [0.25, 0.3) is 0 Å². The molecule has 3 saturated heterocycles. The van der Waals surface area contributed by atoms with E-state index in [9.17, 15) is 0 Å². The van der Waals surface area contributed by atoms with Crippen LogP contribution >= 0.6 is 0 Å². The van der Waals surface area contributed by atoms with Crippen molar-refractivity contribution in [1.82, 2.24) is 0 Å². The standard InChI is InChI=1S/C37H40O6/c1-4-7-25-16-28(10-13-34(25)41-22-31-19-38-31)37(29-11-14-35(26(17-29)8-5-2)42-23-32-20-39-32)30-12-15-36(27(18-30)9-6-3)43-24-33-21-40-33/h4-6,10-18,31-33,37H,1-3,7-9,19-24H2. The zero-order valence-electron chi connectivity index (χ0n) is 24.7. The van der Waals surface area contributed by atoms with Crippen LogP contribution < -0.4 is 14.2 Å². The average molecular weight is 581 g/mol. The third-order valence-electron chi connectivity index (χ3n) is 7.83. The van der Waals surface area contributed by atoms with Crippen molar-refractivity contribution in [2.45, 2.75) is 43.5 Å². The van der Waals surface area contributed by atoms with E-state index in [0.717, 1.165) is 53.8 Å². The van der Waals surface area contributed by atoms with Crippen molar-refractivity contribution in [3.8, 4) is 17.2 Å². The lowest BCUT2D eigenvalue weighted by molar-refractivity contribution is 0.261. The molecule has 3 aromatic rings. The van der Waals surface area contributed by atoms with Crippen LogP contribution in [0, 0.1) is 0 Å². The summed E-state index contributed by atoms with van der Waals surface area (Å²) in [6, 6.07) is 19.5. The lowest BCUT2D eigenvalue weighted by Crippen LogP contribution is -2.10. The molecule has 0 radical (unpaired) electrons. The summed E-state index contributed by atoms with van der Waals surface area (Å²) in [7, 11) is 0. The molecule has 0 N–H and O–H groups in total. The molecule has 0 bridgehead atoms.